The van der Waals surface area contributed by atoms with Gasteiger partial charge in [0.25, 0.3) is 0 Å². The molecule has 3 nitrogen and oxygen atoms in total. The van der Waals surface area contributed by atoms with Crippen molar-refractivity contribution in [3.63, 3.8) is 0 Å². The van der Waals surface area contributed by atoms with Crippen molar-refractivity contribution in [2.24, 2.45) is 0 Å². The molecule has 1 aromatic carbocycles. The van der Waals surface area contributed by atoms with Gasteiger partial charge in [0.15, 0.2) is 5.69 Å². The number of aromatic carboxylic acids is 1. The summed E-state index contributed by atoms with van der Waals surface area (Å²) >= 11 is 0.833. The van der Waals surface area contributed by atoms with Crippen LogP contribution in [0, 0.1) is 5.82 Å². The first-order valence-electron chi connectivity index (χ1n) is 4.84. The fourth-order valence-corrected chi connectivity index (χ4v) is 2.26. The zero-order valence-electron chi connectivity index (χ0n) is 9.03. The van der Waals surface area contributed by atoms with E-state index in [0.29, 0.717) is 12.1 Å². The van der Waals surface area contributed by atoms with Crippen molar-refractivity contribution in [3.8, 4) is 10.4 Å². The van der Waals surface area contributed by atoms with Gasteiger partial charge in [0, 0.05) is 0 Å². The molecular formula is C11H5F4NO2S. The number of hydrogen-bond acceptors (Lipinski definition) is 3. The summed E-state index contributed by atoms with van der Waals surface area (Å²) in [6, 6.07) is 1.89. The lowest BCUT2D eigenvalue weighted by molar-refractivity contribution is -0.137. The van der Waals surface area contributed by atoms with Crippen molar-refractivity contribution in [1.82, 2.24) is 4.98 Å². The van der Waals surface area contributed by atoms with E-state index < -0.39 is 29.2 Å². The van der Waals surface area contributed by atoms with Crippen LogP contribution in [0.5, 0.6) is 0 Å². The Labute approximate surface area is 108 Å². The van der Waals surface area contributed by atoms with Crippen molar-refractivity contribution in [2.45, 2.75) is 6.18 Å². The molecule has 8 heteroatoms. The van der Waals surface area contributed by atoms with Crippen LogP contribution in [0.1, 0.15) is 16.1 Å². The van der Waals surface area contributed by atoms with Gasteiger partial charge in [-0.15, -0.1) is 11.3 Å². The van der Waals surface area contributed by atoms with Crippen LogP contribution >= 0.6 is 11.3 Å². The van der Waals surface area contributed by atoms with E-state index >= 15 is 0 Å². The monoisotopic (exact) mass is 291 g/mol. The Morgan fingerprint density at radius 2 is 1.95 bits per heavy atom. The van der Waals surface area contributed by atoms with Gasteiger partial charge in [-0.3, -0.25) is 0 Å². The Kier molecular flexibility index (Phi) is 3.27. The SMILES string of the molecule is O=C(O)c1ncsc1-c1cc(F)cc(C(F)(F)F)c1. The number of alkyl halides is 3. The molecule has 2 rings (SSSR count). The molecule has 1 heterocycles. The van der Waals surface area contributed by atoms with Crippen LogP contribution in [0.4, 0.5) is 17.6 Å². The summed E-state index contributed by atoms with van der Waals surface area (Å²) in [6.45, 7) is 0. The largest absolute Gasteiger partial charge is 0.476 e. The maximum atomic E-state index is 13.2. The minimum Gasteiger partial charge on any atom is -0.476 e. The third-order valence-electron chi connectivity index (χ3n) is 2.26. The molecule has 0 aliphatic heterocycles. The zero-order chi connectivity index (χ0) is 14.2. The Morgan fingerprint density at radius 3 is 2.53 bits per heavy atom. The summed E-state index contributed by atoms with van der Waals surface area (Å²) in [7, 11) is 0. The number of carboxylic acids is 1. The molecule has 0 atom stereocenters. The van der Waals surface area contributed by atoms with E-state index in [4.69, 9.17) is 5.11 Å². The van der Waals surface area contributed by atoms with Gasteiger partial charge in [0.1, 0.15) is 5.82 Å². The Morgan fingerprint density at radius 1 is 1.26 bits per heavy atom. The van der Waals surface area contributed by atoms with E-state index in [1.165, 1.54) is 5.51 Å². The number of nitrogens with zero attached hydrogens (tertiary/aromatic N) is 1. The smallest absolute Gasteiger partial charge is 0.416 e. The number of thiazole rings is 1. The highest BCUT2D eigenvalue weighted by Crippen LogP contribution is 2.35. The van der Waals surface area contributed by atoms with Crippen molar-refractivity contribution >= 4 is 17.3 Å². The summed E-state index contributed by atoms with van der Waals surface area (Å²) < 4.78 is 50.9. The third-order valence-corrected chi connectivity index (χ3v) is 3.13. The second-order valence-corrected chi connectivity index (χ2v) is 4.42. The molecule has 0 aliphatic rings. The predicted octanol–water partition coefficient (Wildman–Crippen LogP) is 3.67. The van der Waals surface area contributed by atoms with Gasteiger partial charge in [-0.05, 0) is 23.8 Å². The maximum Gasteiger partial charge on any atom is 0.416 e. The summed E-state index contributed by atoms with van der Waals surface area (Å²) in [4.78, 5) is 14.4. The van der Waals surface area contributed by atoms with Gasteiger partial charge in [-0.2, -0.15) is 13.2 Å². The van der Waals surface area contributed by atoms with Gasteiger partial charge in [-0.25, -0.2) is 14.2 Å². The van der Waals surface area contributed by atoms with Gasteiger partial charge in [0.2, 0.25) is 0 Å². The molecule has 2 aromatic rings. The molecular weight excluding hydrogens is 286 g/mol. The highest BCUT2D eigenvalue weighted by molar-refractivity contribution is 7.13. The molecule has 0 spiro atoms. The van der Waals surface area contributed by atoms with Crippen molar-refractivity contribution in [3.05, 3.63) is 40.8 Å². The van der Waals surface area contributed by atoms with Crippen LogP contribution in [0.15, 0.2) is 23.7 Å². The first kappa shape index (κ1) is 13.5. The molecule has 0 unspecified atom stereocenters. The minimum atomic E-state index is -4.70. The Balaban J connectivity index is 2.60. The van der Waals surface area contributed by atoms with Crippen LogP contribution in [-0.4, -0.2) is 16.1 Å². The first-order valence-corrected chi connectivity index (χ1v) is 5.72. The molecule has 0 saturated heterocycles. The average molecular weight is 291 g/mol. The summed E-state index contributed by atoms with van der Waals surface area (Å²) in [5.74, 6) is -2.47. The summed E-state index contributed by atoms with van der Waals surface area (Å²) in [5.41, 5.74) is -0.556. The average Bonchev–Trinajstić information content (AvgIpc) is 2.75. The fourth-order valence-electron chi connectivity index (χ4n) is 1.49. The molecule has 0 saturated carbocycles. The first-order chi connectivity index (χ1) is 8.79. The number of hydrogen-bond donors (Lipinski definition) is 1. The fraction of sp³-hybridized carbons (Fsp3) is 0.0909. The van der Waals surface area contributed by atoms with Gasteiger partial charge >= 0.3 is 12.1 Å². The van der Waals surface area contributed by atoms with E-state index in [1.54, 1.807) is 0 Å². The van der Waals surface area contributed by atoms with Crippen molar-refractivity contribution in [1.29, 1.82) is 0 Å². The summed E-state index contributed by atoms with van der Waals surface area (Å²) in [5, 5.41) is 8.84. The second kappa shape index (κ2) is 4.61. The number of benzene rings is 1. The molecule has 19 heavy (non-hydrogen) atoms. The van der Waals surface area contributed by atoms with E-state index in [0.717, 1.165) is 17.4 Å². The predicted molar refractivity (Wildman–Crippen MR) is 59.5 cm³/mol. The van der Waals surface area contributed by atoms with Gasteiger partial charge in [-0.1, -0.05) is 0 Å². The van der Waals surface area contributed by atoms with Crippen molar-refractivity contribution < 1.29 is 27.5 Å². The molecule has 100 valence electrons. The van der Waals surface area contributed by atoms with Crippen molar-refractivity contribution in [2.75, 3.05) is 0 Å². The van der Waals surface area contributed by atoms with E-state index in [-0.39, 0.29) is 10.4 Å². The lowest BCUT2D eigenvalue weighted by Crippen LogP contribution is -2.06. The number of carbonyl (C=O) groups is 1. The number of aromatic nitrogens is 1. The molecule has 0 bridgehead atoms. The lowest BCUT2D eigenvalue weighted by Gasteiger charge is -2.08. The van der Waals surface area contributed by atoms with E-state index in [1.807, 2.05) is 0 Å². The highest BCUT2D eigenvalue weighted by Gasteiger charge is 2.32. The topological polar surface area (TPSA) is 50.2 Å². The number of carboxylic acid groups (broad SMARTS) is 1. The van der Waals surface area contributed by atoms with E-state index in [2.05, 4.69) is 4.98 Å². The van der Waals surface area contributed by atoms with E-state index in [9.17, 15) is 22.4 Å². The van der Waals surface area contributed by atoms with Crippen LogP contribution in [0.2, 0.25) is 0 Å². The minimum absolute atomic E-state index is 0.0162. The molecule has 1 aromatic heterocycles. The molecule has 0 radical (unpaired) electrons. The number of rotatable bonds is 2. The Bertz CT molecular complexity index is 636. The standard InChI is InChI=1S/C11H5F4NO2S/c12-7-2-5(1-6(3-7)11(13,14)15)9-8(10(17)18)16-4-19-9/h1-4H,(H,17,18). The van der Waals surface area contributed by atoms with Gasteiger partial charge in [0.05, 0.1) is 16.0 Å². The zero-order valence-corrected chi connectivity index (χ0v) is 9.85. The molecule has 0 aliphatic carbocycles. The Hall–Kier alpha value is -1.96. The van der Waals surface area contributed by atoms with Gasteiger partial charge < -0.3 is 5.11 Å². The molecule has 0 amide bonds. The normalized spacial score (nSPS) is 11.6. The van der Waals surface area contributed by atoms with Crippen LogP contribution < -0.4 is 0 Å². The van der Waals surface area contributed by atoms with Crippen LogP contribution in [0.25, 0.3) is 10.4 Å². The molecule has 0 fully saturated rings. The van der Waals surface area contributed by atoms with Crippen LogP contribution in [-0.2, 0) is 6.18 Å². The summed E-state index contributed by atoms with van der Waals surface area (Å²) in [6.07, 6.45) is -4.70. The third kappa shape index (κ3) is 2.73. The highest BCUT2D eigenvalue weighted by atomic mass is 32.1. The number of halogens is 4. The maximum absolute atomic E-state index is 13.2. The van der Waals surface area contributed by atoms with Crippen LogP contribution in [0.3, 0.4) is 0 Å². The molecule has 1 N–H and O–H groups in total. The quantitative estimate of drug-likeness (QED) is 0.859. The second-order valence-electron chi connectivity index (χ2n) is 3.56. The lowest BCUT2D eigenvalue weighted by atomic mass is 10.1.